The highest BCUT2D eigenvalue weighted by molar-refractivity contribution is 6.30. The number of halogens is 2. The Hall–Kier alpha value is -3.44. The number of amides is 1. The minimum Gasteiger partial charge on any atom is -0.350 e. The van der Waals surface area contributed by atoms with E-state index >= 15 is 0 Å². The van der Waals surface area contributed by atoms with Crippen molar-refractivity contribution in [1.82, 2.24) is 9.88 Å². The molecular formula is C24H18ClFN2O2. The van der Waals surface area contributed by atoms with Gasteiger partial charge in [0.2, 0.25) is 5.91 Å². The van der Waals surface area contributed by atoms with Crippen LogP contribution < -0.4 is 5.32 Å². The maximum absolute atomic E-state index is 13.8. The SMILES string of the molecule is O=C(Cn1cc(C(=O)c2ccc(Cl)cc2)c2ccccc21)NCc1ccccc1F. The van der Waals surface area contributed by atoms with E-state index in [1.807, 2.05) is 24.3 Å². The van der Waals surface area contributed by atoms with Crippen LogP contribution in [0.25, 0.3) is 10.9 Å². The summed E-state index contributed by atoms with van der Waals surface area (Å²) in [4.78, 5) is 25.5. The molecule has 4 rings (SSSR count). The number of rotatable bonds is 6. The molecule has 0 bridgehead atoms. The summed E-state index contributed by atoms with van der Waals surface area (Å²) in [7, 11) is 0. The number of aromatic nitrogens is 1. The van der Waals surface area contributed by atoms with Gasteiger partial charge in [0.1, 0.15) is 12.4 Å². The molecule has 0 atom stereocenters. The van der Waals surface area contributed by atoms with E-state index < -0.39 is 0 Å². The molecule has 4 nitrogen and oxygen atoms in total. The van der Waals surface area contributed by atoms with Gasteiger partial charge in [-0.25, -0.2) is 4.39 Å². The van der Waals surface area contributed by atoms with Crippen molar-refractivity contribution in [2.75, 3.05) is 0 Å². The third-order valence-corrected chi connectivity index (χ3v) is 5.14. The summed E-state index contributed by atoms with van der Waals surface area (Å²) < 4.78 is 15.5. The highest BCUT2D eigenvalue weighted by Crippen LogP contribution is 2.24. The number of fused-ring (bicyclic) bond motifs is 1. The second-order valence-electron chi connectivity index (χ2n) is 6.89. The fourth-order valence-corrected chi connectivity index (χ4v) is 3.49. The Labute approximate surface area is 177 Å². The summed E-state index contributed by atoms with van der Waals surface area (Å²) in [5, 5.41) is 4.05. The highest BCUT2D eigenvalue weighted by Gasteiger charge is 2.18. The van der Waals surface area contributed by atoms with E-state index in [0.717, 1.165) is 10.9 Å². The summed E-state index contributed by atoms with van der Waals surface area (Å²) >= 11 is 5.92. The summed E-state index contributed by atoms with van der Waals surface area (Å²) in [5.74, 6) is -0.780. The van der Waals surface area contributed by atoms with Gasteiger partial charge >= 0.3 is 0 Å². The summed E-state index contributed by atoms with van der Waals surface area (Å²) in [6, 6.07) is 20.4. The topological polar surface area (TPSA) is 51.1 Å². The van der Waals surface area contributed by atoms with Crippen molar-refractivity contribution in [2.45, 2.75) is 13.1 Å². The Morgan fingerprint density at radius 2 is 1.63 bits per heavy atom. The molecule has 1 N–H and O–H groups in total. The number of nitrogens with one attached hydrogen (secondary N) is 1. The van der Waals surface area contributed by atoms with Gasteiger partial charge in [0.15, 0.2) is 5.78 Å². The van der Waals surface area contributed by atoms with Gasteiger partial charge in [0.05, 0.1) is 0 Å². The van der Waals surface area contributed by atoms with E-state index in [9.17, 15) is 14.0 Å². The van der Waals surface area contributed by atoms with Crippen molar-refractivity contribution in [3.05, 3.63) is 107 Å². The maximum atomic E-state index is 13.8. The third kappa shape index (κ3) is 4.11. The number of carbonyl (C=O) groups excluding carboxylic acids is 2. The molecule has 0 spiro atoms. The average Bonchev–Trinajstić information content (AvgIpc) is 3.12. The van der Waals surface area contributed by atoms with Gasteiger partial charge in [0.25, 0.3) is 0 Å². The van der Waals surface area contributed by atoms with Gasteiger partial charge in [-0.3, -0.25) is 9.59 Å². The zero-order valence-corrected chi connectivity index (χ0v) is 16.7. The summed E-state index contributed by atoms with van der Waals surface area (Å²) in [6.45, 7) is 0.115. The van der Waals surface area contributed by atoms with Crippen LogP contribution >= 0.6 is 11.6 Å². The van der Waals surface area contributed by atoms with Gasteiger partial charge in [-0.15, -0.1) is 0 Å². The minimum absolute atomic E-state index is 0.0167. The number of para-hydroxylation sites is 1. The van der Waals surface area contributed by atoms with Crippen LogP contribution in [-0.4, -0.2) is 16.3 Å². The van der Waals surface area contributed by atoms with Crippen LogP contribution in [0.4, 0.5) is 4.39 Å². The summed E-state index contributed by atoms with van der Waals surface area (Å²) in [6.07, 6.45) is 1.68. The number of nitrogens with zero attached hydrogens (tertiary/aromatic N) is 1. The lowest BCUT2D eigenvalue weighted by Gasteiger charge is -2.08. The lowest BCUT2D eigenvalue weighted by molar-refractivity contribution is -0.121. The fraction of sp³-hybridized carbons (Fsp3) is 0.0833. The van der Waals surface area contributed by atoms with Crippen molar-refractivity contribution >= 4 is 34.2 Å². The maximum Gasteiger partial charge on any atom is 0.240 e. The molecule has 1 aromatic heterocycles. The largest absolute Gasteiger partial charge is 0.350 e. The standard InChI is InChI=1S/C24H18ClFN2O2/c25-18-11-9-16(10-12-18)24(30)20-14-28(22-8-4-2-6-19(20)22)15-23(29)27-13-17-5-1-3-7-21(17)26/h1-12,14H,13,15H2,(H,27,29). The molecule has 0 aliphatic rings. The lowest BCUT2D eigenvalue weighted by Crippen LogP contribution is -2.27. The Morgan fingerprint density at radius 3 is 2.40 bits per heavy atom. The number of ketones is 1. The molecule has 4 aromatic rings. The van der Waals surface area contributed by atoms with Crippen LogP contribution in [0.2, 0.25) is 5.02 Å². The molecular weight excluding hydrogens is 403 g/mol. The van der Waals surface area contributed by atoms with Gasteiger partial charge in [-0.2, -0.15) is 0 Å². The first-order chi connectivity index (χ1) is 14.5. The van der Waals surface area contributed by atoms with Crippen molar-refractivity contribution in [3.8, 4) is 0 Å². The molecule has 0 radical (unpaired) electrons. The molecule has 6 heteroatoms. The van der Waals surface area contributed by atoms with Crippen molar-refractivity contribution in [3.63, 3.8) is 0 Å². The molecule has 0 unspecified atom stereocenters. The Kier molecular flexibility index (Phi) is 5.63. The number of hydrogen-bond acceptors (Lipinski definition) is 2. The van der Waals surface area contributed by atoms with E-state index in [0.29, 0.717) is 21.7 Å². The van der Waals surface area contributed by atoms with Crippen LogP contribution in [0, 0.1) is 5.82 Å². The molecule has 1 amide bonds. The van der Waals surface area contributed by atoms with Crippen molar-refractivity contribution in [1.29, 1.82) is 0 Å². The van der Waals surface area contributed by atoms with E-state index in [1.54, 1.807) is 53.2 Å². The van der Waals surface area contributed by atoms with E-state index in [-0.39, 0.29) is 30.6 Å². The smallest absolute Gasteiger partial charge is 0.240 e. The zero-order valence-electron chi connectivity index (χ0n) is 15.9. The normalized spacial score (nSPS) is 10.9. The second kappa shape index (κ2) is 8.51. The minimum atomic E-state index is -0.361. The molecule has 30 heavy (non-hydrogen) atoms. The van der Waals surface area contributed by atoms with E-state index in [2.05, 4.69) is 5.32 Å². The number of hydrogen-bond donors (Lipinski definition) is 1. The van der Waals surface area contributed by atoms with E-state index in [1.165, 1.54) is 6.07 Å². The zero-order chi connectivity index (χ0) is 21.1. The van der Waals surface area contributed by atoms with Gasteiger partial charge < -0.3 is 9.88 Å². The van der Waals surface area contributed by atoms with Crippen LogP contribution in [0.5, 0.6) is 0 Å². The highest BCUT2D eigenvalue weighted by atomic mass is 35.5. The first kappa shape index (κ1) is 19.9. The van der Waals surface area contributed by atoms with Gasteiger partial charge in [-0.1, -0.05) is 48.0 Å². The molecule has 0 aliphatic heterocycles. The molecule has 3 aromatic carbocycles. The van der Waals surface area contributed by atoms with Crippen molar-refractivity contribution in [2.24, 2.45) is 0 Å². The number of carbonyl (C=O) groups is 2. The molecule has 0 saturated heterocycles. The van der Waals surface area contributed by atoms with E-state index in [4.69, 9.17) is 11.6 Å². The molecule has 0 fully saturated rings. The Balaban J connectivity index is 1.57. The van der Waals surface area contributed by atoms with Crippen LogP contribution in [0.15, 0.2) is 79.0 Å². The van der Waals surface area contributed by atoms with Gasteiger partial charge in [0, 0.05) is 45.4 Å². The van der Waals surface area contributed by atoms with Crippen LogP contribution in [0.3, 0.4) is 0 Å². The Bertz CT molecular complexity index is 1230. The third-order valence-electron chi connectivity index (χ3n) is 4.89. The van der Waals surface area contributed by atoms with Gasteiger partial charge in [-0.05, 0) is 36.4 Å². The fourth-order valence-electron chi connectivity index (χ4n) is 3.36. The second-order valence-corrected chi connectivity index (χ2v) is 7.33. The average molecular weight is 421 g/mol. The molecule has 1 heterocycles. The Morgan fingerprint density at radius 1 is 0.933 bits per heavy atom. The van der Waals surface area contributed by atoms with Crippen molar-refractivity contribution < 1.29 is 14.0 Å². The molecule has 0 saturated carbocycles. The lowest BCUT2D eigenvalue weighted by atomic mass is 10.0. The summed E-state index contributed by atoms with van der Waals surface area (Å²) in [5.41, 5.74) is 2.22. The number of benzene rings is 3. The quantitative estimate of drug-likeness (QED) is 0.447. The van der Waals surface area contributed by atoms with Crippen LogP contribution in [0.1, 0.15) is 21.5 Å². The monoisotopic (exact) mass is 420 g/mol. The first-order valence-corrected chi connectivity index (χ1v) is 9.79. The molecule has 150 valence electrons. The first-order valence-electron chi connectivity index (χ1n) is 9.41. The predicted molar refractivity (Wildman–Crippen MR) is 115 cm³/mol. The molecule has 0 aliphatic carbocycles. The predicted octanol–water partition coefficient (Wildman–Crippen LogP) is 4.98. The van der Waals surface area contributed by atoms with Crippen LogP contribution in [-0.2, 0) is 17.9 Å².